The Labute approximate surface area is 178 Å². The van der Waals surface area contributed by atoms with E-state index in [4.69, 9.17) is 0 Å². The van der Waals surface area contributed by atoms with Gasteiger partial charge in [0, 0.05) is 32.2 Å². The van der Waals surface area contributed by atoms with Crippen LogP contribution in [0, 0.1) is 6.92 Å². The monoisotopic (exact) mass is 434 g/mol. The van der Waals surface area contributed by atoms with Crippen LogP contribution >= 0.6 is 11.3 Å². The molecule has 0 aromatic carbocycles. The molecule has 2 aromatic heterocycles. The van der Waals surface area contributed by atoms with E-state index in [1.165, 1.54) is 0 Å². The molecule has 2 saturated heterocycles. The van der Waals surface area contributed by atoms with Crippen molar-refractivity contribution in [2.24, 2.45) is 0 Å². The summed E-state index contributed by atoms with van der Waals surface area (Å²) in [7, 11) is 0. The average molecular weight is 435 g/mol. The zero-order valence-electron chi connectivity index (χ0n) is 16.8. The maximum Gasteiger partial charge on any atom is 0.347 e. The summed E-state index contributed by atoms with van der Waals surface area (Å²) in [6.45, 7) is 4.35. The minimum Gasteiger partial charge on any atom is -0.477 e. The van der Waals surface area contributed by atoms with E-state index < -0.39 is 12.1 Å². The standard InChI is InChI=1S/C19H26N6O4S/c1-11-16(17(28)29)30-19(20-11)23-18-21-14(24-7-4-12(26)5-8-24)9-15(22-18)25-6-2-3-13(27)10-25/h9,12-13,26-27H,2-8,10H2,1H3,(H,28,29)(H,20,21,22,23). The highest BCUT2D eigenvalue weighted by molar-refractivity contribution is 7.17. The molecule has 0 bridgehead atoms. The van der Waals surface area contributed by atoms with Crippen molar-refractivity contribution >= 4 is 40.0 Å². The van der Waals surface area contributed by atoms with Crippen molar-refractivity contribution in [3.63, 3.8) is 0 Å². The van der Waals surface area contributed by atoms with E-state index in [9.17, 15) is 20.1 Å². The Morgan fingerprint density at radius 1 is 1.07 bits per heavy atom. The van der Waals surface area contributed by atoms with Crippen LogP contribution in [0.25, 0.3) is 0 Å². The third-order valence-electron chi connectivity index (χ3n) is 5.42. The number of aryl methyl sites for hydroxylation is 1. The zero-order valence-corrected chi connectivity index (χ0v) is 17.6. The van der Waals surface area contributed by atoms with Gasteiger partial charge in [0.1, 0.15) is 16.5 Å². The molecular formula is C19H26N6O4S. The zero-order chi connectivity index (χ0) is 21.3. The molecule has 2 aliphatic heterocycles. The van der Waals surface area contributed by atoms with E-state index in [2.05, 4.69) is 25.2 Å². The Bertz CT molecular complexity index is 914. The third-order valence-corrected chi connectivity index (χ3v) is 6.48. The summed E-state index contributed by atoms with van der Waals surface area (Å²) in [5, 5.41) is 32.6. The molecule has 2 aliphatic rings. The van der Waals surface area contributed by atoms with Gasteiger partial charge in [-0.3, -0.25) is 5.32 Å². The van der Waals surface area contributed by atoms with Gasteiger partial charge in [-0.25, -0.2) is 9.78 Å². The Balaban J connectivity index is 1.64. The molecule has 2 fully saturated rings. The molecule has 2 aromatic rings. The Kier molecular flexibility index (Phi) is 6.02. The lowest BCUT2D eigenvalue weighted by atomic mass is 10.1. The van der Waals surface area contributed by atoms with Crippen molar-refractivity contribution in [2.45, 2.75) is 44.8 Å². The molecule has 4 rings (SSSR count). The fourth-order valence-electron chi connectivity index (χ4n) is 3.80. The number of hydrogen-bond donors (Lipinski definition) is 4. The number of thiazole rings is 1. The van der Waals surface area contributed by atoms with E-state index >= 15 is 0 Å². The van der Waals surface area contributed by atoms with E-state index in [1.54, 1.807) is 6.92 Å². The molecule has 10 nitrogen and oxygen atoms in total. The lowest BCUT2D eigenvalue weighted by molar-refractivity contribution is 0.0701. The van der Waals surface area contributed by atoms with Gasteiger partial charge in [-0.15, -0.1) is 0 Å². The first kappa shape index (κ1) is 20.8. The van der Waals surface area contributed by atoms with Crippen molar-refractivity contribution in [1.82, 2.24) is 15.0 Å². The van der Waals surface area contributed by atoms with E-state index in [0.717, 1.165) is 36.5 Å². The fraction of sp³-hybridized carbons (Fsp3) is 0.579. The maximum absolute atomic E-state index is 11.3. The van der Waals surface area contributed by atoms with Crippen molar-refractivity contribution < 1.29 is 20.1 Å². The lowest BCUT2D eigenvalue weighted by Gasteiger charge is -2.33. The molecule has 0 saturated carbocycles. The molecule has 4 N–H and O–H groups in total. The van der Waals surface area contributed by atoms with Gasteiger partial charge in [-0.05, 0) is 32.6 Å². The summed E-state index contributed by atoms with van der Waals surface area (Å²) >= 11 is 1.04. The van der Waals surface area contributed by atoms with Gasteiger partial charge in [0.25, 0.3) is 0 Å². The summed E-state index contributed by atoms with van der Waals surface area (Å²) in [5.74, 6) is 0.766. The second-order valence-corrected chi connectivity index (χ2v) is 8.73. The van der Waals surface area contributed by atoms with Gasteiger partial charge in [0.2, 0.25) is 5.95 Å². The molecule has 11 heteroatoms. The number of aliphatic hydroxyl groups excluding tert-OH is 2. The van der Waals surface area contributed by atoms with Crippen LogP contribution < -0.4 is 15.1 Å². The molecule has 1 atom stereocenters. The Morgan fingerprint density at radius 3 is 2.40 bits per heavy atom. The minimum absolute atomic E-state index is 0.179. The highest BCUT2D eigenvalue weighted by atomic mass is 32.1. The second kappa shape index (κ2) is 8.70. The quantitative estimate of drug-likeness (QED) is 0.549. The van der Waals surface area contributed by atoms with Crippen LogP contribution in [0.2, 0.25) is 0 Å². The van der Waals surface area contributed by atoms with Crippen LogP contribution in [0.15, 0.2) is 6.07 Å². The molecule has 4 heterocycles. The SMILES string of the molecule is Cc1nc(Nc2nc(N3CCC(O)CC3)cc(N3CCCC(O)C3)n2)sc1C(=O)O. The lowest BCUT2D eigenvalue weighted by Crippen LogP contribution is -2.39. The summed E-state index contributed by atoms with van der Waals surface area (Å²) < 4.78 is 0. The number of aromatic nitrogens is 3. The van der Waals surface area contributed by atoms with Crippen molar-refractivity contribution in [3.05, 3.63) is 16.6 Å². The average Bonchev–Trinajstić information content (AvgIpc) is 3.08. The maximum atomic E-state index is 11.3. The molecule has 0 spiro atoms. The number of carbonyl (C=O) groups is 1. The van der Waals surface area contributed by atoms with E-state index in [-0.39, 0.29) is 11.0 Å². The number of rotatable bonds is 5. The molecule has 0 amide bonds. The molecular weight excluding hydrogens is 408 g/mol. The number of carboxylic acid groups (broad SMARTS) is 1. The molecule has 0 radical (unpaired) electrons. The highest BCUT2D eigenvalue weighted by Gasteiger charge is 2.24. The number of anilines is 4. The fourth-order valence-corrected chi connectivity index (χ4v) is 4.60. The molecule has 30 heavy (non-hydrogen) atoms. The highest BCUT2D eigenvalue weighted by Crippen LogP contribution is 2.29. The summed E-state index contributed by atoms with van der Waals surface area (Å²) in [5.41, 5.74) is 0.440. The number of β-amino-alcohol motifs (C(OH)–C–C–N with tert-alkyl or cyclic N) is 1. The van der Waals surface area contributed by atoms with Gasteiger partial charge < -0.3 is 25.1 Å². The molecule has 162 valence electrons. The number of carboxylic acids is 1. The number of piperidine rings is 2. The number of nitrogens with one attached hydrogen (secondary N) is 1. The number of aromatic carboxylic acids is 1. The van der Waals surface area contributed by atoms with E-state index in [0.29, 0.717) is 55.1 Å². The molecule has 0 aliphatic carbocycles. The second-order valence-electron chi connectivity index (χ2n) is 7.73. The normalized spacial score (nSPS) is 20.4. The first-order chi connectivity index (χ1) is 14.4. The van der Waals surface area contributed by atoms with Crippen LogP contribution in [0.1, 0.15) is 41.0 Å². The van der Waals surface area contributed by atoms with Crippen LogP contribution in [0.3, 0.4) is 0 Å². The predicted octanol–water partition coefficient (Wildman–Crippen LogP) is 1.61. The Hall–Kier alpha value is -2.50. The van der Waals surface area contributed by atoms with Gasteiger partial charge >= 0.3 is 5.97 Å². The van der Waals surface area contributed by atoms with Gasteiger partial charge in [0.15, 0.2) is 5.13 Å². The van der Waals surface area contributed by atoms with Crippen LogP contribution in [0.5, 0.6) is 0 Å². The number of nitrogens with zero attached hydrogens (tertiary/aromatic N) is 5. The largest absolute Gasteiger partial charge is 0.477 e. The first-order valence-electron chi connectivity index (χ1n) is 10.1. The molecule has 1 unspecified atom stereocenters. The topological polar surface area (TPSA) is 135 Å². The van der Waals surface area contributed by atoms with Crippen LogP contribution in [0.4, 0.5) is 22.7 Å². The number of hydrogen-bond acceptors (Lipinski definition) is 10. The van der Waals surface area contributed by atoms with Crippen LogP contribution in [-0.2, 0) is 0 Å². The van der Waals surface area contributed by atoms with Crippen molar-refractivity contribution in [1.29, 1.82) is 0 Å². The summed E-state index contributed by atoms with van der Waals surface area (Å²) in [6.07, 6.45) is 2.34. The predicted molar refractivity (Wildman–Crippen MR) is 114 cm³/mol. The van der Waals surface area contributed by atoms with Crippen molar-refractivity contribution in [2.75, 3.05) is 41.3 Å². The summed E-state index contributed by atoms with van der Waals surface area (Å²) in [6, 6.07) is 1.91. The van der Waals surface area contributed by atoms with Gasteiger partial charge in [0.05, 0.1) is 17.9 Å². The smallest absolute Gasteiger partial charge is 0.347 e. The van der Waals surface area contributed by atoms with Gasteiger partial charge in [-0.2, -0.15) is 9.97 Å². The van der Waals surface area contributed by atoms with E-state index in [1.807, 2.05) is 11.0 Å². The Morgan fingerprint density at radius 2 is 1.77 bits per heavy atom. The first-order valence-corrected chi connectivity index (χ1v) is 10.9. The summed E-state index contributed by atoms with van der Waals surface area (Å²) in [4.78, 5) is 29.2. The third kappa shape index (κ3) is 4.63. The van der Waals surface area contributed by atoms with Crippen molar-refractivity contribution in [3.8, 4) is 0 Å². The van der Waals surface area contributed by atoms with Gasteiger partial charge in [-0.1, -0.05) is 11.3 Å². The van der Waals surface area contributed by atoms with Crippen LogP contribution in [-0.4, -0.2) is 74.6 Å². The number of aliphatic hydroxyl groups is 2. The minimum atomic E-state index is -1.01.